The summed E-state index contributed by atoms with van der Waals surface area (Å²) in [5.74, 6) is -2.38. The van der Waals surface area contributed by atoms with Gasteiger partial charge in [0, 0.05) is 29.8 Å². The van der Waals surface area contributed by atoms with E-state index in [1.165, 1.54) is 13.0 Å². The SMILES string of the molecule is C[C@H]1[C@H](O)[C@@H](C)C(O)O[C@H](C)[C@@H](O)[C@H](O)C(C)(C)/C(=N/OC2=NS(=O)(=O)c3ccccc32)[C@@H](C)C[C@H](C)[C@@H]1O[C@@H]1O[C@H](C)C[C@H](N(C)C)[C@H]1OCCN. The molecule has 14 atom stereocenters. The van der Waals surface area contributed by atoms with Crippen LogP contribution in [0.25, 0.3) is 0 Å². The number of nitrogens with two attached hydrogens (primary N) is 1. The minimum absolute atomic E-state index is 0.00612. The third kappa shape index (κ3) is 9.66. The Hall–Kier alpha value is -2.09. The molecule has 0 amide bonds. The van der Waals surface area contributed by atoms with E-state index >= 15 is 0 Å². The number of ether oxygens (including phenoxy) is 4. The monoisotopic (exact) mass is 770 g/mol. The quantitative estimate of drug-likeness (QED) is 0.252. The van der Waals surface area contributed by atoms with E-state index < -0.39 is 82.4 Å². The van der Waals surface area contributed by atoms with Crippen molar-refractivity contribution in [2.45, 2.75) is 134 Å². The summed E-state index contributed by atoms with van der Waals surface area (Å²) in [7, 11) is -0.0519. The Morgan fingerprint density at radius 2 is 1.62 bits per heavy atom. The molecule has 0 bridgehead atoms. The van der Waals surface area contributed by atoms with Crippen molar-refractivity contribution in [1.82, 2.24) is 4.90 Å². The molecule has 302 valence electrons. The van der Waals surface area contributed by atoms with Gasteiger partial charge in [-0.15, -0.1) is 4.40 Å². The topological polar surface area (TPSA) is 215 Å². The fourth-order valence-corrected chi connectivity index (χ4v) is 9.07. The van der Waals surface area contributed by atoms with E-state index in [-0.39, 0.29) is 34.4 Å². The summed E-state index contributed by atoms with van der Waals surface area (Å²) in [6.45, 7) is 14.9. The van der Waals surface area contributed by atoms with Crippen molar-refractivity contribution >= 4 is 21.6 Å². The van der Waals surface area contributed by atoms with Crippen molar-refractivity contribution in [3.63, 3.8) is 0 Å². The molecule has 0 aliphatic carbocycles. The average molecular weight is 771 g/mol. The van der Waals surface area contributed by atoms with Crippen LogP contribution in [0.1, 0.15) is 73.8 Å². The molecule has 0 aromatic heterocycles. The molecule has 53 heavy (non-hydrogen) atoms. The number of likely N-dealkylation sites (N-methyl/N-ethyl adjacent to an activating group) is 1. The highest BCUT2D eigenvalue weighted by molar-refractivity contribution is 7.90. The fourth-order valence-electron chi connectivity index (χ4n) is 7.94. The summed E-state index contributed by atoms with van der Waals surface area (Å²) in [6, 6.07) is 6.21. The van der Waals surface area contributed by atoms with Gasteiger partial charge in [-0.05, 0) is 64.8 Å². The normalized spacial score (nSPS) is 40.4. The summed E-state index contributed by atoms with van der Waals surface area (Å²) in [6.07, 6.45) is -7.75. The van der Waals surface area contributed by atoms with E-state index in [9.17, 15) is 28.8 Å². The molecule has 0 saturated carbocycles. The van der Waals surface area contributed by atoms with Crippen LogP contribution in [0.5, 0.6) is 0 Å². The zero-order valence-corrected chi connectivity index (χ0v) is 33.5. The van der Waals surface area contributed by atoms with E-state index in [4.69, 9.17) is 29.5 Å². The number of hydrogen-bond donors (Lipinski definition) is 5. The summed E-state index contributed by atoms with van der Waals surface area (Å²) < 4.78 is 54.7. The number of benzene rings is 1. The number of fused-ring (bicyclic) bond motifs is 1. The van der Waals surface area contributed by atoms with Crippen molar-refractivity contribution < 1.29 is 52.6 Å². The molecular weight excluding hydrogens is 708 g/mol. The van der Waals surface area contributed by atoms with Crippen LogP contribution in [0, 0.1) is 29.1 Å². The molecule has 0 radical (unpaired) electrons. The lowest BCUT2D eigenvalue weighted by atomic mass is 9.71. The van der Waals surface area contributed by atoms with Gasteiger partial charge in [0.05, 0.1) is 48.4 Å². The molecule has 6 N–H and O–H groups in total. The van der Waals surface area contributed by atoms with Gasteiger partial charge < -0.3 is 54.8 Å². The predicted molar refractivity (Wildman–Crippen MR) is 198 cm³/mol. The molecule has 4 rings (SSSR count). The van der Waals surface area contributed by atoms with Crippen LogP contribution in [-0.4, -0.2) is 134 Å². The minimum atomic E-state index is -4.00. The number of sulfonamides is 1. The van der Waals surface area contributed by atoms with Gasteiger partial charge in [-0.1, -0.05) is 58.8 Å². The van der Waals surface area contributed by atoms with Crippen LogP contribution in [0.3, 0.4) is 0 Å². The Balaban J connectivity index is 1.78. The Kier molecular flexibility index (Phi) is 14.7. The van der Waals surface area contributed by atoms with Gasteiger partial charge in [0.25, 0.3) is 15.9 Å². The van der Waals surface area contributed by atoms with E-state index in [1.807, 2.05) is 41.8 Å². The van der Waals surface area contributed by atoms with Crippen LogP contribution < -0.4 is 5.73 Å². The number of nitrogens with zero attached hydrogens (tertiary/aromatic N) is 3. The van der Waals surface area contributed by atoms with Gasteiger partial charge in [-0.3, -0.25) is 0 Å². The molecular formula is C37H62N4O11S. The number of aliphatic hydroxyl groups excluding tert-OH is 4. The Morgan fingerprint density at radius 1 is 0.962 bits per heavy atom. The first-order valence-electron chi connectivity index (χ1n) is 18.6. The Bertz CT molecular complexity index is 1540. The number of hydrogen-bond acceptors (Lipinski definition) is 14. The molecule has 1 aromatic carbocycles. The summed E-state index contributed by atoms with van der Waals surface area (Å²) in [5.41, 5.74) is 5.12. The lowest BCUT2D eigenvalue weighted by molar-refractivity contribution is -0.293. The third-order valence-corrected chi connectivity index (χ3v) is 12.5. The van der Waals surface area contributed by atoms with Crippen LogP contribution in [-0.2, 0) is 33.8 Å². The fraction of sp³-hybridized carbons (Fsp3) is 0.784. The molecule has 3 aliphatic rings. The summed E-state index contributed by atoms with van der Waals surface area (Å²) in [5, 5.41) is 50.4. The van der Waals surface area contributed by atoms with Crippen molar-refractivity contribution in [1.29, 1.82) is 0 Å². The zero-order valence-electron chi connectivity index (χ0n) is 32.7. The van der Waals surface area contributed by atoms with Gasteiger partial charge in [0.2, 0.25) is 0 Å². The number of oxime groups is 1. The molecule has 16 heteroatoms. The standard InChI is InChI=1S/C37H62N4O11S/c1-19-17-20(2)32(39-52-34-25-13-11-12-14-27(25)53(46,47)40-34)37(7,8)33(44)29(43)24(6)50-35(45)23(5)28(42)22(4)30(19)51-36-31(48-16-15-38)26(41(9)10)18-21(3)49-36/h11-14,19-24,26,28-31,33,35-36,42-45H,15-18,38H2,1-10H3/b39-32+/t19-,20-,21+,22-,23+,24+,26-,28-,29+,30-,31+,33-,35?,36-/m0/s1. The minimum Gasteiger partial charge on any atom is -0.392 e. The summed E-state index contributed by atoms with van der Waals surface area (Å²) >= 11 is 0. The average Bonchev–Trinajstić information content (AvgIpc) is 3.36. The van der Waals surface area contributed by atoms with Gasteiger partial charge in [-0.2, -0.15) is 8.42 Å². The van der Waals surface area contributed by atoms with Crippen molar-refractivity contribution in [3.8, 4) is 0 Å². The molecule has 0 spiro atoms. The zero-order chi connectivity index (χ0) is 39.6. The van der Waals surface area contributed by atoms with Crippen LogP contribution >= 0.6 is 0 Å². The van der Waals surface area contributed by atoms with E-state index in [1.54, 1.807) is 39.0 Å². The molecule has 15 nitrogen and oxygen atoms in total. The number of rotatable bonds is 7. The Labute approximate surface area is 314 Å². The lowest BCUT2D eigenvalue weighted by Crippen LogP contribution is -2.58. The Morgan fingerprint density at radius 3 is 2.26 bits per heavy atom. The molecule has 1 aromatic rings. The second-order valence-corrected chi connectivity index (χ2v) is 17.5. The highest BCUT2D eigenvalue weighted by atomic mass is 32.2. The summed E-state index contributed by atoms with van der Waals surface area (Å²) in [4.78, 5) is 7.88. The van der Waals surface area contributed by atoms with Crippen molar-refractivity contribution in [2.75, 3.05) is 27.2 Å². The van der Waals surface area contributed by atoms with Crippen LogP contribution in [0.15, 0.2) is 38.7 Å². The first-order valence-corrected chi connectivity index (χ1v) is 20.0. The van der Waals surface area contributed by atoms with Crippen molar-refractivity contribution in [2.24, 2.45) is 44.4 Å². The van der Waals surface area contributed by atoms with E-state index in [0.29, 0.717) is 31.7 Å². The maximum Gasteiger partial charge on any atom is 0.286 e. The second-order valence-electron chi connectivity index (χ2n) is 16.0. The van der Waals surface area contributed by atoms with E-state index in [0.717, 1.165) is 0 Å². The molecule has 3 aliphatic heterocycles. The van der Waals surface area contributed by atoms with Gasteiger partial charge in [-0.25, -0.2) is 0 Å². The van der Waals surface area contributed by atoms with Crippen LogP contribution in [0.2, 0.25) is 0 Å². The molecule has 1 unspecified atom stereocenters. The van der Waals surface area contributed by atoms with E-state index in [2.05, 4.69) is 14.5 Å². The molecule has 2 saturated heterocycles. The highest BCUT2D eigenvalue weighted by Crippen LogP contribution is 2.39. The first kappa shape index (κ1) is 43.6. The maximum atomic E-state index is 12.8. The smallest absolute Gasteiger partial charge is 0.286 e. The van der Waals surface area contributed by atoms with Crippen molar-refractivity contribution in [3.05, 3.63) is 29.8 Å². The van der Waals surface area contributed by atoms with Crippen LogP contribution in [0.4, 0.5) is 0 Å². The first-order chi connectivity index (χ1) is 24.7. The predicted octanol–water partition coefficient (Wildman–Crippen LogP) is 2.08. The molecule has 3 heterocycles. The lowest BCUT2D eigenvalue weighted by Gasteiger charge is -2.46. The van der Waals surface area contributed by atoms with Gasteiger partial charge in [0.1, 0.15) is 17.1 Å². The number of aliphatic hydroxyl groups is 4. The second kappa shape index (κ2) is 17.8. The third-order valence-electron chi connectivity index (χ3n) is 11.2. The highest BCUT2D eigenvalue weighted by Gasteiger charge is 2.48. The van der Waals surface area contributed by atoms with Gasteiger partial charge in [0.15, 0.2) is 12.6 Å². The maximum absolute atomic E-state index is 12.8. The molecule has 2 fully saturated rings. The van der Waals surface area contributed by atoms with Gasteiger partial charge >= 0.3 is 0 Å². The largest absolute Gasteiger partial charge is 0.392 e.